The van der Waals surface area contributed by atoms with Crippen molar-refractivity contribution in [1.29, 1.82) is 0 Å². The van der Waals surface area contributed by atoms with Gasteiger partial charge in [-0.1, -0.05) is 30.3 Å². The number of carbonyl (C=O) groups excluding carboxylic acids is 2. The fourth-order valence-corrected chi connectivity index (χ4v) is 3.02. The number of urea groups is 1. The minimum Gasteiger partial charge on any atom is -0.321 e. The number of anilines is 3. The number of nitro groups is 1. The normalized spacial score (nSPS) is 10.3. The quantitative estimate of drug-likeness (QED) is 0.295. The predicted octanol–water partition coefficient (Wildman–Crippen LogP) is 4.68. The first-order chi connectivity index (χ1) is 16.0. The Morgan fingerprint density at radius 2 is 1.45 bits per heavy atom. The van der Waals surface area contributed by atoms with E-state index in [4.69, 9.17) is 0 Å². The van der Waals surface area contributed by atoms with E-state index in [1.54, 1.807) is 54.7 Å². The summed E-state index contributed by atoms with van der Waals surface area (Å²) in [5.41, 5.74) is 2.11. The zero-order chi connectivity index (χ0) is 23.2. The molecule has 4 aromatic rings. The molecule has 0 radical (unpaired) electrons. The van der Waals surface area contributed by atoms with Crippen molar-refractivity contribution in [2.45, 2.75) is 0 Å². The van der Waals surface area contributed by atoms with Crippen molar-refractivity contribution in [3.8, 4) is 5.69 Å². The number of amides is 3. The molecule has 3 aromatic carbocycles. The van der Waals surface area contributed by atoms with Crippen LogP contribution in [0.1, 0.15) is 10.5 Å². The Labute approximate surface area is 188 Å². The molecule has 10 nitrogen and oxygen atoms in total. The summed E-state index contributed by atoms with van der Waals surface area (Å²) >= 11 is 0. The van der Waals surface area contributed by atoms with Crippen LogP contribution in [-0.4, -0.2) is 26.6 Å². The van der Waals surface area contributed by atoms with Crippen LogP contribution >= 0.6 is 0 Å². The van der Waals surface area contributed by atoms with Crippen molar-refractivity contribution in [2.24, 2.45) is 0 Å². The number of para-hydroxylation sites is 1. The first-order valence-corrected chi connectivity index (χ1v) is 9.83. The number of hydrogen-bond donors (Lipinski definition) is 3. The van der Waals surface area contributed by atoms with Crippen molar-refractivity contribution in [2.75, 3.05) is 16.0 Å². The average Bonchev–Trinajstić information content (AvgIpc) is 3.31. The van der Waals surface area contributed by atoms with Gasteiger partial charge in [-0.3, -0.25) is 14.9 Å². The molecule has 10 heteroatoms. The summed E-state index contributed by atoms with van der Waals surface area (Å²) in [4.78, 5) is 35.3. The van der Waals surface area contributed by atoms with Crippen LogP contribution in [0.5, 0.6) is 0 Å². The summed E-state index contributed by atoms with van der Waals surface area (Å²) in [6, 6.07) is 22.7. The van der Waals surface area contributed by atoms with Gasteiger partial charge in [-0.15, -0.1) is 0 Å². The number of benzene rings is 3. The van der Waals surface area contributed by atoms with Gasteiger partial charge in [0.15, 0.2) is 5.69 Å². The molecule has 164 valence electrons. The maximum atomic E-state index is 12.6. The van der Waals surface area contributed by atoms with E-state index in [0.717, 1.165) is 0 Å². The molecular weight excluding hydrogens is 424 g/mol. The van der Waals surface area contributed by atoms with Gasteiger partial charge in [0.05, 0.1) is 10.6 Å². The first kappa shape index (κ1) is 21.2. The van der Waals surface area contributed by atoms with Gasteiger partial charge in [-0.2, -0.15) is 5.10 Å². The highest BCUT2D eigenvalue weighted by Gasteiger charge is 2.13. The van der Waals surface area contributed by atoms with Crippen LogP contribution in [-0.2, 0) is 0 Å². The van der Waals surface area contributed by atoms with Crippen LogP contribution in [0, 0.1) is 10.1 Å². The molecule has 0 bridgehead atoms. The molecule has 0 unspecified atom stereocenters. The van der Waals surface area contributed by atoms with Crippen molar-refractivity contribution in [3.63, 3.8) is 0 Å². The van der Waals surface area contributed by atoms with Gasteiger partial charge < -0.3 is 16.0 Å². The number of rotatable bonds is 6. The van der Waals surface area contributed by atoms with E-state index in [1.165, 1.54) is 22.9 Å². The highest BCUT2D eigenvalue weighted by molar-refractivity contribution is 6.04. The van der Waals surface area contributed by atoms with Gasteiger partial charge in [0.2, 0.25) is 0 Å². The molecule has 0 saturated carbocycles. The van der Waals surface area contributed by atoms with Gasteiger partial charge in [0.1, 0.15) is 0 Å². The number of carbonyl (C=O) groups is 2. The molecule has 0 fully saturated rings. The molecule has 0 aliphatic carbocycles. The van der Waals surface area contributed by atoms with Gasteiger partial charge >= 0.3 is 6.03 Å². The van der Waals surface area contributed by atoms with E-state index in [1.807, 2.05) is 18.2 Å². The Bertz CT molecular complexity index is 1320. The third-order valence-corrected chi connectivity index (χ3v) is 4.54. The van der Waals surface area contributed by atoms with Crippen LogP contribution in [0.3, 0.4) is 0 Å². The molecule has 3 amide bonds. The second kappa shape index (κ2) is 9.43. The van der Waals surface area contributed by atoms with Crippen LogP contribution in [0.2, 0.25) is 0 Å². The molecular formula is C23H18N6O4. The standard InChI is InChI=1S/C23H18N6O4/c30-22(21-12-13-28(27-21)19-10-5-11-20(15-19)29(32)33)24-17-8-4-9-18(14-17)26-23(31)25-16-6-2-1-3-7-16/h1-15H,(H,24,30)(H2,25,26,31). The van der Waals surface area contributed by atoms with Crippen molar-refractivity contribution in [3.05, 3.63) is 107 Å². The first-order valence-electron chi connectivity index (χ1n) is 9.83. The summed E-state index contributed by atoms with van der Waals surface area (Å²) in [5.74, 6) is -0.468. The fraction of sp³-hybridized carbons (Fsp3) is 0. The Kier molecular flexibility index (Phi) is 6.08. The maximum absolute atomic E-state index is 12.6. The Balaban J connectivity index is 1.41. The summed E-state index contributed by atoms with van der Waals surface area (Å²) in [6.45, 7) is 0. The molecule has 3 N–H and O–H groups in total. The molecule has 1 aromatic heterocycles. The molecule has 0 atom stereocenters. The van der Waals surface area contributed by atoms with Gasteiger partial charge in [-0.05, 0) is 42.5 Å². The second-order valence-corrected chi connectivity index (χ2v) is 6.90. The number of nitrogens with one attached hydrogen (secondary N) is 3. The largest absolute Gasteiger partial charge is 0.323 e. The monoisotopic (exact) mass is 442 g/mol. The molecule has 0 aliphatic rings. The van der Waals surface area contributed by atoms with Gasteiger partial charge in [0.25, 0.3) is 11.6 Å². The smallest absolute Gasteiger partial charge is 0.321 e. The number of non-ortho nitro benzene ring substituents is 1. The van der Waals surface area contributed by atoms with E-state index in [2.05, 4.69) is 21.0 Å². The molecule has 1 heterocycles. The molecule has 0 aliphatic heterocycles. The Morgan fingerprint density at radius 3 is 2.21 bits per heavy atom. The van der Waals surface area contributed by atoms with Crippen LogP contribution in [0.4, 0.5) is 27.5 Å². The summed E-state index contributed by atoms with van der Waals surface area (Å²) in [7, 11) is 0. The van der Waals surface area contributed by atoms with Crippen molar-refractivity contribution >= 4 is 34.7 Å². The van der Waals surface area contributed by atoms with E-state index in [-0.39, 0.29) is 11.4 Å². The van der Waals surface area contributed by atoms with E-state index < -0.39 is 16.9 Å². The highest BCUT2D eigenvalue weighted by Crippen LogP contribution is 2.18. The average molecular weight is 442 g/mol. The van der Waals surface area contributed by atoms with E-state index >= 15 is 0 Å². The topological polar surface area (TPSA) is 131 Å². The zero-order valence-corrected chi connectivity index (χ0v) is 17.1. The van der Waals surface area contributed by atoms with Crippen LogP contribution in [0.25, 0.3) is 5.69 Å². The highest BCUT2D eigenvalue weighted by atomic mass is 16.6. The number of aromatic nitrogens is 2. The maximum Gasteiger partial charge on any atom is 0.323 e. The van der Waals surface area contributed by atoms with Gasteiger partial charge in [0, 0.05) is 35.4 Å². The molecule has 4 rings (SSSR count). The van der Waals surface area contributed by atoms with Crippen LogP contribution in [0.15, 0.2) is 91.1 Å². The lowest BCUT2D eigenvalue weighted by atomic mass is 10.2. The van der Waals surface area contributed by atoms with Gasteiger partial charge in [-0.25, -0.2) is 9.48 Å². The van der Waals surface area contributed by atoms with E-state index in [9.17, 15) is 19.7 Å². The molecule has 0 spiro atoms. The molecule has 33 heavy (non-hydrogen) atoms. The summed E-state index contributed by atoms with van der Waals surface area (Å²) in [5, 5.41) is 23.3. The molecule has 0 saturated heterocycles. The lowest BCUT2D eigenvalue weighted by Crippen LogP contribution is -2.19. The minimum absolute atomic E-state index is 0.0744. The second-order valence-electron chi connectivity index (χ2n) is 6.90. The van der Waals surface area contributed by atoms with Crippen molar-refractivity contribution < 1.29 is 14.5 Å². The van der Waals surface area contributed by atoms with Crippen molar-refractivity contribution in [1.82, 2.24) is 9.78 Å². The minimum atomic E-state index is -0.498. The number of nitro benzene ring substituents is 1. The number of nitrogens with zero attached hydrogens (tertiary/aromatic N) is 3. The van der Waals surface area contributed by atoms with Crippen LogP contribution < -0.4 is 16.0 Å². The third-order valence-electron chi connectivity index (χ3n) is 4.54. The Morgan fingerprint density at radius 1 is 0.788 bits per heavy atom. The predicted molar refractivity (Wildman–Crippen MR) is 124 cm³/mol. The fourth-order valence-electron chi connectivity index (χ4n) is 3.02. The Hall–Kier alpha value is -4.99. The zero-order valence-electron chi connectivity index (χ0n) is 17.1. The van der Waals surface area contributed by atoms with E-state index in [0.29, 0.717) is 22.7 Å². The lowest BCUT2D eigenvalue weighted by Gasteiger charge is -2.09. The summed E-state index contributed by atoms with van der Waals surface area (Å²) in [6.07, 6.45) is 1.54. The SMILES string of the molecule is O=C(Nc1ccccc1)Nc1cccc(NC(=O)c2ccn(-c3cccc([N+](=O)[O-])c3)n2)c1. The summed E-state index contributed by atoms with van der Waals surface area (Å²) < 4.78 is 1.38. The number of hydrogen-bond acceptors (Lipinski definition) is 5. The third kappa shape index (κ3) is 5.39. The lowest BCUT2D eigenvalue weighted by molar-refractivity contribution is -0.384.